The van der Waals surface area contributed by atoms with Crippen LogP contribution in [0.15, 0.2) is 24.3 Å². The molecule has 0 saturated heterocycles. The smallest absolute Gasteiger partial charge is 0.231 e. The number of ether oxygens (including phenoxy) is 4. The van der Waals surface area contributed by atoms with Gasteiger partial charge in [-0.3, -0.25) is 4.90 Å². The van der Waals surface area contributed by atoms with Crippen molar-refractivity contribution in [2.24, 2.45) is 0 Å². The maximum absolute atomic E-state index is 5.78. The van der Waals surface area contributed by atoms with E-state index >= 15 is 0 Å². The average Bonchev–Trinajstić information content (AvgIpc) is 3.10. The molecule has 0 spiro atoms. The van der Waals surface area contributed by atoms with E-state index in [0.717, 1.165) is 47.1 Å². The van der Waals surface area contributed by atoms with Crippen LogP contribution in [0.4, 0.5) is 0 Å². The summed E-state index contributed by atoms with van der Waals surface area (Å²) in [4.78, 5) is 2.37. The zero-order valence-electron chi connectivity index (χ0n) is 15.1. The van der Waals surface area contributed by atoms with Crippen molar-refractivity contribution in [1.82, 2.24) is 4.90 Å². The molecule has 132 valence electrons. The average molecular weight is 341 g/mol. The van der Waals surface area contributed by atoms with Gasteiger partial charge in [-0.1, -0.05) is 6.07 Å². The quantitative estimate of drug-likeness (QED) is 0.852. The number of fused-ring (bicyclic) bond motifs is 2. The highest BCUT2D eigenvalue weighted by molar-refractivity contribution is 5.81. The topological polar surface area (TPSA) is 40.2 Å². The lowest BCUT2D eigenvalue weighted by atomic mass is 9.85. The Morgan fingerprint density at radius 1 is 1.08 bits per heavy atom. The van der Waals surface area contributed by atoms with Gasteiger partial charge < -0.3 is 18.9 Å². The molecule has 2 aromatic carbocycles. The van der Waals surface area contributed by atoms with Crippen LogP contribution in [0.3, 0.4) is 0 Å². The third kappa shape index (κ3) is 2.50. The molecule has 0 aliphatic carbocycles. The Bertz CT molecular complexity index is 818. The van der Waals surface area contributed by atoms with Crippen molar-refractivity contribution in [2.45, 2.75) is 19.4 Å². The minimum atomic E-state index is 0.269. The SMILES string of the molecule is COc1cc2c(c(-c3ccc4c(c3)OCO4)c1OC)[C@H](C)N(C)CC2. The van der Waals surface area contributed by atoms with Gasteiger partial charge in [-0.05, 0) is 55.3 Å². The molecule has 5 nitrogen and oxygen atoms in total. The zero-order valence-corrected chi connectivity index (χ0v) is 15.1. The van der Waals surface area contributed by atoms with Gasteiger partial charge >= 0.3 is 0 Å². The standard InChI is InChI=1S/C20H23NO4/c1-12-18-14(7-8-21(12)2)10-17(22-3)20(23-4)19(18)13-5-6-15-16(9-13)25-11-24-15/h5-6,9-10,12H,7-8,11H2,1-4H3/t12-/m0/s1. The highest BCUT2D eigenvalue weighted by Gasteiger charge is 2.30. The molecule has 2 aromatic rings. The largest absolute Gasteiger partial charge is 0.493 e. The van der Waals surface area contributed by atoms with Crippen LogP contribution in [0.5, 0.6) is 23.0 Å². The van der Waals surface area contributed by atoms with Crippen molar-refractivity contribution in [2.75, 3.05) is 34.6 Å². The normalized spacial score (nSPS) is 18.8. The predicted molar refractivity (Wildman–Crippen MR) is 95.9 cm³/mol. The van der Waals surface area contributed by atoms with E-state index in [1.165, 1.54) is 11.1 Å². The molecule has 2 heterocycles. The van der Waals surface area contributed by atoms with Gasteiger partial charge in [0.2, 0.25) is 6.79 Å². The van der Waals surface area contributed by atoms with E-state index in [0.29, 0.717) is 6.04 Å². The van der Waals surface area contributed by atoms with E-state index in [2.05, 4.69) is 31.0 Å². The van der Waals surface area contributed by atoms with Gasteiger partial charge in [0.05, 0.1) is 14.2 Å². The molecule has 0 fully saturated rings. The molecule has 2 aliphatic heterocycles. The summed E-state index contributed by atoms with van der Waals surface area (Å²) in [7, 11) is 5.54. The van der Waals surface area contributed by atoms with Gasteiger partial charge in [0.25, 0.3) is 0 Å². The lowest BCUT2D eigenvalue weighted by molar-refractivity contribution is 0.174. The van der Waals surface area contributed by atoms with Crippen molar-refractivity contribution < 1.29 is 18.9 Å². The molecule has 0 saturated carbocycles. The molecule has 0 unspecified atom stereocenters. The Morgan fingerprint density at radius 2 is 1.88 bits per heavy atom. The first-order valence-electron chi connectivity index (χ1n) is 8.52. The molecule has 0 N–H and O–H groups in total. The summed E-state index contributed by atoms with van der Waals surface area (Å²) in [5, 5.41) is 0. The Morgan fingerprint density at radius 3 is 2.64 bits per heavy atom. The molecule has 25 heavy (non-hydrogen) atoms. The Balaban J connectivity index is 1.99. The molecule has 2 aliphatic rings. The van der Waals surface area contributed by atoms with Crippen LogP contribution in [0.25, 0.3) is 11.1 Å². The van der Waals surface area contributed by atoms with Crippen molar-refractivity contribution >= 4 is 0 Å². The summed E-state index contributed by atoms with van der Waals surface area (Å²) >= 11 is 0. The van der Waals surface area contributed by atoms with Gasteiger partial charge in [0, 0.05) is 18.2 Å². The summed E-state index contributed by atoms with van der Waals surface area (Å²) in [6.45, 7) is 3.54. The number of hydrogen-bond donors (Lipinski definition) is 0. The Hall–Kier alpha value is -2.40. The summed E-state index contributed by atoms with van der Waals surface area (Å²) in [6.07, 6.45) is 0.994. The van der Waals surface area contributed by atoms with Crippen molar-refractivity contribution in [3.05, 3.63) is 35.4 Å². The zero-order chi connectivity index (χ0) is 17.6. The summed E-state index contributed by atoms with van der Waals surface area (Å²) in [5.74, 6) is 3.09. The molecule has 5 heteroatoms. The number of likely N-dealkylation sites (N-methyl/N-ethyl adjacent to an activating group) is 1. The van der Waals surface area contributed by atoms with Crippen LogP contribution >= 0.6 is 0 Å². The van der Waals surface area contributed by atoms with Crippen molar-refractivity contribution in [1.29, 1.82) is 0 Å². The highest BCUT2D eigenvalue weighted by atomic mass is 16.7. The van der Waals surface area contributed by atoms with E-state index in [9.17, 15) is 0 Å². The van der Waals surface area contributed by atoms with Crippen molar-refractivity contribution in [3.63, 3.8) is 0 Å². The number of hydrogen-bond acceptors (Lipinski definition) is 5. The monoisotopic (exact) mass is 341 g/mol. The van der Waals surface area contributed by atoms with Gasteiger partial charge in [-0.25, -0.2) is 0 Å². The minimum absolute atomic E-state index is 0.269. The maximum Gasteiger partial charge on any atom is 0.231 e. The van der Waals surface area contributed by atoms with E-state index in [1.54, 1.807) is 14.2 Å². The van der Waals surface area contributed by atoms with Gasteiger partial charge in [-0.15, -0.1) is 0 Å². The Kier molecular flexibility index (Phi) is 3.96. The van der Waals surface area contributed by atoms with Crippen molar-refractivity contribution in [3.8, 4) is 34.1 Å². The van der Waals surface area contributed by atoms with E-state index < -0.39 is 0 Å². The number of rotatable bonds is 3. The maximum atomic E-state index is 5.78. The molecule has 0 radical (unpaired) electrons. The fourth-order valence-corrected chi connectivity index (χ4v) is 3.80. The first-order chi connectivity index (χ1) is 12.1. The molecule has 0 aromatic heterocycles. The van der Waals surface area contributed by atoms with E-state index in [-0.39, 0.29) is 6.79 Å². The predicted octanol–water partition coefficient (Wildman–Crippen LogP) is 3.65. The summed E-state index contributed by atoms with van der Waals surface area (Å²) in [5.41, 5.74) is 4.74. The van der Waals surface area contributed by atoms with E-state index in [1.807, 2.05) is 12.1 Å². The minimum Gasteiger partial charge on any atom is -0.493 e. The third-order valence-electron chi connectivity index (χ3n) is 5.27. The Labute approximate surface area is 148 Å². The molecular formula is C20H23NO4. The van der Waals surface area contributed by atoms with E-state index in [4.69, 9.17) is 18.9 Å². The second-order valence-electron chi connectivity index (χ2n) is 6.53. The number of nitrogens with zero attached hydrogens (tertiary/aromatic N) is 1. The second kappa shape index (κ2) is 6.15. The first kappa shape index (κ1) is 16.1. The lowest BCUT2D eigenvalue weighted by Gasteiger charge is -2.35. The van der Waals surface area contributed by atoms with Gasteiger partial charge in [0.1, 0.15) is 0 Å². The molecular weight excluding hydrogens is 318 g/mol. The van der Waals surface area contributed by atoms with Crippen LogP contribution in [-0.4, -0.2) is 39.5 Å². The molecule has 1 atom stereocenters. The summed E-state index contributed by atoms with van der Waals surface area (Å²) in [6, 6.07) is 8.46. The van der Waals surface area contributed by atoms with Crippen LogP contribution in [0.2, 0.25) is 0 Å². The molecule has 0 bridgehead atoms. The second-order valence-corrected chi connectivity index (χ2v) is 6.53. The lowest BCUT2D eigenvalue weighted by Crippen LogP contribution is -2.31. The third-order valence-corrected chi connectivity index (χ3v) is 5.27. The van der Waals surface area contributed by atoms with Gasteiger partial charge in [0.15, 0.2) is 23.0 Å². The fourth-order valence-electron chi connectivity index (χ4n) is 3.80. The molecule has 4 rings (SSSR count). The molecule has 0 amide bonds. The number of methoxy groups -OCH3 is 2. The highest BCUT2D eigenvalue weighted by Crippen LogP contribution is 2.49. The van der Waals surface area contributed by atoms with Crippen LogP contribution in [0.1, 0.15) is 24.1 Å². The summed E-state index contributed by atoms with van der Waals surface area (Å²) < 4.78 is 22.4. The van der Waals surface area contributed by atoms with Crippen LogP contribution < -0.4 is 18.9 Å². The fraction of sp³-hybridized carbons (Fsp3) is 0.400. The first-order valence-corrected chi connectivity index (χ1v) is 8.52. The van der Waals surface area contributed by atoms with Crippen LogP contribution in [0, 0.1) is 0 Å². The number of benzene rings is 2. The van der Waals surface area contributed by atoms with Crippen LogP contribution in [-0.2, 0) is 6.42 Å². The van der Waals surface area contributed by atoms with Gasteiger partial charge in [-0.2, -0.15) is 0 Å².